The van der Waals surface area contributed by atoms with E-state index in [1.165, 1.54) is 0 Å². The quantitative estimate of drug-likeness (QED) is 0.732. The van der Waals surface area contributed by atoms with Crippen LogP contribution in [0.4, 0.5) is 10.5 Å². The van der Waals surface area contributed by atoms with Crippen molar-refractivity contribution in [2.45, 2.75) is 45.6 Å². The van der Waals surface area contributed by atoms with Crippen LogP contribution in [-0.4, -0.2) is 34.8 Å². The molecule has 0 bridgehead atoms. The number of carbonyl (C=O) groups excluding carboxylic acids is 3. The Morgan fingerprint density at radius 3 is 2.54 bits per heavy atom. The summed E-state index contributed by atoms with van der Waals surface area (Å²) in [4.78, 5) is 38.8. The third-order valence-corrected chi connectivity index (χ3v) is 5.58. The summed E-state index contributed by atoms with van der Waals surface area (Å²) in [6, 6.07) is 6.64. The van der Waals surface area contributed by atoms with Gasteiger partial charge in [0.25, 0.3) is 5.91 Å². The molecule has 140 valence electrons. The van der Waals surface area contributed by atoms with Gasteiger partial charge in [0.2, 0.25) is 5.91 Å². The molecular weight excluding hydrogens is 398 g/mol. The van der Waals surface area contributed by atoms with E-state index in [4.69, 9.17) is 0 Å². The molecule has 4 amide bonds. The SMILES string of the molecule is C[C@@H]1CC(C)(C)C[C@]2(C1)NC(=O)N(CC(=O)Nc1ccc(Br)cc1)C2=O. The normalized spacial score (nSPS) is 27.5. The molecule has 1 aliphatic carbocycles. The number of hydrogen-bond acceptors (Lipinski definition) is 3. The summed E-state index contributed by atoms with van der Waals surface area (Å²) in [7, 11) is 0. The zero-order chi connectivity index (χ0) is 19.1. The van der Waals surface area contributed by atoms with E-state index in [0.29, 0.717) is 24.4 Å². The van der Waals surface area contributed by atoms with Gasteiger partial charge in [-0.3, -0.25) is 14.5 Å². The topological polar surface area (TPSA) is 78.5 Å². The predicted molar refractivity (Wildman–Crippen MR) is 103 cm³/mol. The number of urea groups is 1. The van der Waals surface area contributed by atoms with Gasteiger partial charge in [0.05, 0.1) is 0 Å². The van der Waals surface area contributed by atoms with Crippen LogP contribution in [0.1, 0.15) is 40.0 Å². The van der Waals surface area contributed by atoms with Gasteiger partial charge in [-0.1, -0.05) is 36.7 Å². The van der Waals surface area contributed by atoms with Crippen LogP contribution < -0.4 is 10.6 Å². The Balaban J connectivity index is 1.71. The van der Waals surface area contributed by atoms with Gasteiger partial charge >= 0.3 is 6.03 Å². The average molecular weight is 422 g/mol. The minimum absolute atomic E-state index is 0.0314. The molecule has 7 heteroatoms. The second-order valence-electron chi connectivity index (χ2n) is 8.31. The summed E-state index contributed by atoms with van der Waals surface area (Å²) < 4.78 is 0.903. The number of nitrogens with zero attached hydrogens (tertiary/aromatic N) is 1. The molecule has 1 aromatic carbocycles. The number of rotatable bonds is 3. The summed E-state index contributed by atoms with van der Waals surface area (Å²) in [5.41, 5.74) is -0.292. The molecule has 1 heterocycles. The number of benzene rings is 1. The maximum atomic E-state index is 13.0. The number of hydrogen-bond donors (Lipinski definition) is 2. The summed E-state index contributed by atoms with van der Waals surface area (Å²) in [6.07, 6.45) is 2.23. The first-order valence-corrected chi connectivity index (χ1v) is 9.59. The monoisotopic (exact) mass is 421 g/mol. The highest BCUT2D eigenvalue weighted by Gasteiger charge is 2.56. The van der Waals surface area contributed by atoms with E-state index >= 15 is 0 Å². The lowest BCUT2D eigenvalue weighted by atomic mass is 9.64. The molecule has 0 aromatic heterocycles. The van der Waals surface area contributed by atoms with Crippen molar-refractivity contribution in [3.63, 3.8) is 0 Å². The molecule has 2 aliphatic rings. The fourth-order valence-electron chi connectivity index (χ4n) is 4.53. The number of imide groups is 1. The van der Waals surface area contributed by atoms with Crippen molar-refractivity contribution in [2.24, 2.45) is 11.3 Å². The molecule has 1 saturated carbocycles. The van der Waals surface area contributed by atoms with E-state index in [9.17, 15) is 14.4 Å². The summed E-state index contributed by atoms with van der Waals surface area (Å²) in [6.45, 7) is 6.06. The molecule has 26 heavy (non-hydrogen) atoms. The Bertz CT molecular complexity index is 747. The van der Waals surface area contributed by atoms with Crippen molar-refractivity contribution in [1.29, 1.82) is 0 Å². The van der Waals surface area contributed by atoms with E-state index in [2.05, 4.69) is 47.3 Å². The second kappa shape index (κ2) is 6.68. The highest BCUT2D eigenvalue weighted by molar-refractivity contribution is 9.10. The fraction of sp³-hybridized carbons (Fsp3) is 0.526. The summed E-state index contributed by atoms with van der Waals surface area (Å²) in [5.74, 6) is -0.344. The van der Waals surface area contributed by atoms with E-state index in [-0.39, 0.29) is 17.9 Å². The van der Waals surface area contributed by atoms with E-state index in [0.717, 1.165) is 15.8 Å². The van der Waals surface area contributed by atoms with Crippen molar-refractivity contribution in [3.8, 4) is 0 Å². The first-order chi connectivity index (χ1) is 12.1. The number of nitrogens with one attached hydrogen (secondary N) is 2. The van der Waals surface area contributed by atoms with Gasteiger partial charge in [-0.2, -0.15) is 0 Å². The maximum absolute atomic E-state index is 13.0. The Labute approximate surface area is 161 Å². The van der Waals surface area contributed by atoms with Crippen LogP contribution in [0.5, 0.6) is 0 Å². The smallest absolute Gasteiger partial charge is 0.325 e. The minimum atomic E-state index is -0.879. The molecule has 2 N–H and O–H groups in total. The third kappa shape index (κ3) is 3.77. The van der Waals surface area contributed by atoms with Gasteiger partial charge in [-0.05, 0) is 54.9 Å². The fourth-order valence-corrected chi connectivity index (χ4v) is 4.79. The molecule has 0 unspecified atom stereocenters. The van der Waals surface area contributed by atoms with E-state index in [1.807, 2.05) is 12.1 Å². The highest BCUT2D eigenvalue weighted by atomic mass is 79.9. The lowest BCUT2D eigenvalue weighted by molar-refractivity contribution is -0.136. The van der Waals surface area contributed by atoms with Gasteiger partial charge in [-0.25, -0.2) is 4.79 Å². The van der Waals surface area contributed by atoms with Crippen molar-refractivity contribution in [3.05, 3.63) is 28.7 Å². The second-order valence-corrected chi connectivity index (χ2v) is 9.23. The standard InChI is InChI=1S/C19H24BrN3O3/c1-12-8-18(2,3)11-19(9-12)16(25)23(17(26)22-19)10-15(24)21-14-6-4-13(20)5-7-14/h4-7,12H,8-11H2,1-3H3,(H,21,24)(H,22,26)/t12-,19+/m1/s1. The Morgan fingerprint density at radius 2 is 1.92 bits per heavy atom. The van der Waals surface area contributed by atoms with Crippen molar-refractivity contribution >= 4 is 39.5 Å². The zero-order valence-corrected chi connectivity index (χ0v) is 16.9. The molecule has 1 aromatic rings. The third-order valence-electron chi connectivity index (χ3n) is 5.05. The molecule has 3 rings (SSSR count). The molecule has 6 nitrogen and oxygen atoms in total. The highest BCUT2D eigenvalue weighted by Crippen LogP contribution is 2.46. The maximum Gasteiger partial charge on any atom is 0.325 e. The first kappa shape index (κ1) is 18.9. The average Bonchev–Trinajstić information content (AvgIpc) is 2.71. The molecule has 1 spiro atoms. The lowest BCUT2D eigenvalue weighted by Crippen LogP contribution is -2.54. The van der Waals surface area contributed by atoms with Crippen LogP contribution in [-0.2, 0) is 9.59 Å². The first-order valence-electron chi connectivity index (χ1n) is 8.80. The van der Waals surface area contributed by atoms with Crippen LogP contribution in [0.3, 0.4) is 0 Å². The van der Waals surface area contributed by atoms with Crippen molar-refractivity contribution in [2.75, 3.05) is 11.9 Å². The van der Waals surface area contributed by atoms with Crippen LogP contribution in [0.25, 0.3) is 0 Å². The number of amides is 4. The summed E-state index contributed by atoms with van der Waals surface area (Å²) in [5, 5.41) is 5.60. The zero-order valence-electron chi connectivity index (χ0n) is 15.3. The largest absolute Gasteiger partial charge is 0.325 e. The molecule has 1 aliphatic heterocycles. The Morgan fingerprint density at radius 1 is 1.27 bits per heavy atom. The lowest BCUT2D eigenvalue weighted by Gasteiger charge is -2.43. The molecular formula is C19H24BrN3O3. The number of anilines is 1. The van der Waals surface area contributed by atoms with E-state index < -0.39 is 17.5 Å². The van der Waals surface area contributed by atoms with Gasteiger partial charge in [0, 0.05) is 10.2 Å². The Kier molecular flexibility index (Phi) is 4.86. The van der Waals surface area contributed by atoms with Gasteiger partial charge in [0.1, 0.15) is 12.1 Å². The minimum Gasteiger partial charge on any atom is -0.325 e. The molecule has 0 radical (unpaired) electrons. The van der Waals surface area contributed by atoms with E-state index in [1.54, 1.807) is 12.1 Å². The molecule has 1 saturated heterocycles. The number of carbonyl (C=O) groups is 3. The van der Waals surface area contributed by atoms with Crippen LogP contribution in [0.15, 0.2) is 28.7 Å². The van der Waals surface area contributed by atoms with Gasteiger partial charge in [0.15, 0.2) is 0 Å². The molecule has 2 atom stereocenters. The number of halogens is 1. The van der Waals surface area contributed by atoms with Gasteiger partial charge in [-0.15, -0.1) is 0 Å². The van der Waals surface area contributed by atoms with Crippen LogP contribution in [0.2, 0.25) is 0 Å². The van der Waals surface area contributed by atoms with Crippen molar-refractivity contribution < 1.29 is 14.4 Å². The molecule has 2 fully saturated rings. The summed E-state index contributed by atoms with van der Waals surface area (Å²) >= 11 is 3.33. The predicted octanol–water partition coefficient (Wildman–Crippen LogP) is 3.52. The van der Waals surface area contributed by atoms with Crippen LogP contribution >= 0.6 is 15.9 Å². The van der Waals surface area contributed by atoms with Gasteiger partial charge < -0.3 is 10.6 Å². The Hall–Kier alpha value is -1.89. The van der Waals surface area contributed by atoms with Crippen molar-refractivity contribution in [1.82, 2.24) is 10.2 Å². The van der Waals surface area contributed by atoms with Crippen LogP contribution in [0, 0.1) is 11.3 Å².